The van der Waals surface area contributed by atoms with Crippen LogP contribution in [0.2, 0.25) is 0 Å². The number of rotatable bonds is 3. The highest BCUT2D eigenvalue weighted by atomic mass is 19.4. The third kappa shape index (κ3) is 14.1. The lowest BCUT2D eigenvalue weighted by Gasteiger charge is -2.39. The first-order valence-electron chi connectivity index (χ1n) is 13.2. The van der Waals surface area contributed by atoms with E-state index in [9.17, 15) is 44.3 Å². The fourth-order valence-electron chi connectivity index (χ4n) is 4.32. The van der Waals surface area contributed by atoms with Crippen LogP contribution in [0.3, 0.4) is 0 Å². The number of pyridine rings is 1. The smallest absolute Gasteiger partial charge is 0.475 e. The second-order valence-corrected chi connectivity index (χ2v) is 9.93. The van der Waals surface area contributed by atoms with Crippen molar-refractivity contribution in [3.63, 3.8) is 0 Å². The molecule has 46 heavy (non-hydrogen) atoms. The van der Waals surface area contributed by atoms with Crippen LogP contribution in [0.5, 0.6) is 0 Å². The van der Waals surface area contributed by atoms with Gasteiger partial charge in [-0.3, -0.25) is 14.7 Å². The van der Waals surface area contributed by atoms with Gasteiger partial charge >= 0.3 is 36.4 Å². The maximum absolute atomic E-state index is 12.8. The summed E-state index contributed by atoms with van der Waals surface area (Å²) in [5.41, 5.74) is 1.11. The van der Waals surface area contributed by atoms with Crippen LogP contribution >= 0.6 is 0 Å². The van der Waals surface area contributed by atoms with Crippen LogP contribution in [0.1, 0.15) is 25.0 Å². The molecule has 262 valence electrons. The molecule has 0 aromatic carbocycles. The second kappa shape index (κ2) is 17.3. The lowest BCUT2D eigenvalue weighted by Crippen LogP contribution is -2.53. The Labute approximate surface area is 255 Å². The Morgan fingerprint density at radius 2 is 1.26 bits per heavy atom. The van der Waals surface area contributed by atoms with Crippen LogP contribution in [-0.2, 0) is 30.5 Å². The molecule has 3 saturated heterocycles. The highest BCUT2D eigenvalue weighted by Crippen LogP contribution is 2.33. The van der Waals surface area contributed by atoms with Gasteiger partial charge in [0.1, 0.15) is 6.10 Å². The Morgan fingerprint density at radius 3 is 1.67 bits per heavy atom. The summed E-state index contributed by atoms with van der Waals surface area (Å²) < 4.78 is 101. The number of hydrogen-bond donors (Lipinski definition) is 3. The molecule has 4 heterocycles. The fourth-order valence-corrected chi connectivity index (χ4v) is 4.32. The van der Waals surface area contributed by atoms with Gasteiger partial charge in [-0.1, -0.05) is 6.07 Å². The van der Waals surface area contributed by atoms with Crippen molar-refractivity contribution in [3.05, 3.63) is 30.1 Å². The zero-order valence-electron chi connectivity index (χ0n) is 24.0. The zero-order chi connectivity index (χ0) is 35.5. The number of fused-ring (bicyclic) bond motifs is 1. The molecule has 0 saturated carbocycles. The topological polar surface area (TPSA) is 161 Å². The first-order valence-corrected chi connectivity index (χ1v) is 13.2. The number of carbonyl (C=O) groups excluding carboxylic acids is 1. The minimum atomic E-state index is -5.08. The van der Waals surface area contributed by atoms with Gasteiger partial charge in [0.25, 0.3) is 5.91 Å². The normalized spacial score (nSPS) is 22.0. The van der Waals surface area contributed by atoms with E-state index < -0.39 is 36.4 Å². The number of halogens is 9. The Kier molecular flexibility index (Phi) is 15.1. The van der Waals surface area contributed by atoms with Crippen LogP contribution in [0.15, 0.2) is 24.4 Å². The Hall–Kier alpha value is -3.72. The van der Waals surface area contributed by atoms with E-state index in [0.29, 0.717) is 6.04 Å². The minimum absolute atomic E-state index is 0.193. The fraction of sp³-hybridized carbons (Fsp3) is 0.640. The zero-order valence-corrected chi connectivity index (χ0v) is 24.0. The van der Waals surface area contributed by atoms with Gasteiger partial charge in [0, 0.05) is 51.5 Å². The number of likely N-dealkylation sites (N-methyl/N-ethyl adjacent to an activating group) is 1. The first kappa shape index (κ1) is 40.3. The summed E-state index contributed by atoms with van der Waals surface area (Å²) in [6, 6.07) is 6.50. The summed E-state index contributed by atoms with van der Waals surface area (Å²) in [5, 5.41) is 21.4. The molecular formula is C25H31F9N4O8. The van der Waals surface area contributed by atoms with Crippen molar-refractivity contribution in [2.24, 2.45) is 0 Å². The van der Waals surface area contributed by atoms with Crippen molar-refractivity contribution in [3.8, 4) is 0 Å². The molecule has 0 spiro atoms. The number of likely N-dealkylation sites (tertiary alicyclic amines) is 1. The number of aromatic nitrogens is 1. The number of ether oxygens (including phenoxy) is 1. The molecule has 21 heteroatoms. The predicted octanol–water partition coefficient (Wildman–Crippen LogP) is 2.88. The molecule has 3 aliphatic rings. The van der Waals surface area contributed by atoms with E-state index in [1.165, 1.54) is 0 Å². The molecule has 0 bridgehead atoms. The molecular weight excluding hydrogens is 655 g/mol. The van der Waals surface area contributed by atoms with E-state index in [0.717, 1.165) is 64.2 Å². The Balaban J connectivity index is 0.000000413. The monoisotopic (exact) mass is 686 g/mol. The van der Waals surface area contributed by atoms with E-state index in [1.54, 1.807) is 0 Å². The average molecular weight is 687 g/mol. The summed E-state index contributed by atoms with van der Waals surface area (Å²) in [4.78, 5) is 50.6. The molecule has 3 N–H and O–H groups in total. The van der Waals surface area contributed by atoms with Gasteiger partial charge in [0.05, 0.1) is 11.8 Å². The van der Waals surface area contributed by atoms with E-state index in [-0.39, 0.29) is 18.1 Å². The third-order valence-electron chi connectivity index (χ3n) is 6.57. The SMILES string of the molecule is CN1CCN(C(=O)[C@@H]2CC[C@@H]3[C@@H](CCN3Cc3ccccn3)O2)CC1.O=C(O)C(F)(F)F.O=C(O)C(F)(F)F.O=C(O)C(F)(F)F. The van der Waals surface area contributed by atoms with Gasteiger partial charge in [0.15, 0.2) is 0 Å². The van der Waals surface area contributed by atoms with Crippen molar-refractivity contribution in [1.29, 1.82) is 0 Å². The lowest BCUT2D eigenvalue weighted by molar-refractivity contribution is -0.193. The van der Waals surface area contributed by atoms with Crippen molar-refractivity contribution in [2.45, 2.75) is 62.6 Å². The molecule has 4 rings (SSSR count). The van der Waals surface area contributed by atoms with Crippen molar-refractivity contribution in [1.82, 2.24) is 19.7 Å². The first-order chi connectivity index (χ1) is 21.0. The average Bonchev–Trinajstić information content (AvgIpc) is 3.35. The van der Waals surface area contributed by atoms with E-state index in [4.69, 9.17) is 34.4 Å². The number of aliphatic carboxylic acids is 3. The molecule has 12 nitrogen and oxygen atoms in total. The van der Waals surface area contributed by atoms with Crippen molar-refractivity contribution in [2.75, 3.05) is 39.8 Å². The summed E-state index contributed by atoms with van der Waals surface area (Å²) in [6.07, 6.45) is -10.5. The highest BCUT2D eigenvalue weighted by Gasteiger charge is 2.43. The van der Waals surface area contributed by atoms with Crippen LogP contribution in [0, 0.1) is 0 Å². The number of carboxylic acids is 3. The number of piperazine rings is 1. The molecule has 3 atom stereocenters. The number of amides is 1. The van der Waals surface area contributed by atoms with Gasteiger partial charge in [-0.15, -0.1) is 0 Å². The van der Waals surface area contributed by atoms with Crippen LogP contribution in [-0.4, -0.2) is 135 Å². The largest absolute Gasteiger partial charge is 0.490 e. The molecule has 1 aromatic heterocycles. The molecule has 3 aliphatic heterocycles. The Morgan fingerprint density at radius 1 is 0.783 bits per heavy atom. The molecule has 0 aliphatic carbocycles. The molecule has 0 radical (unpaired) electrons. The van der Waals surface area contributed by atoms with Gasteiger partial charge in [0.2, 0.25) is 0 Å². The Bertz CT molecular complexity index is 1090. The summed E-state index contributed by atoms with van der Waals surface area (Å²) in [5.74, 6) is -8.07. The summed E-state index contributed by atoms with van der Waals surface area (Å²) >= 11 is 0. The molecule has 3 fully saturated rings. The van der Waals surface area contributed by atoms with Crippen LogP contribution in [0.25, 0.3) is 0 Å². The molecule has 1 aromatic rings. The van der Waals surface area contributed by atoms with Crippen molar-refractivity contribution >= 4 is 23.8 Å². The number of hydrogen-bond acceptors (Lipinski definition) is 8. The quantitative estimate of drug-likeness (QED) is 0.402. The van der Waals surface area contributed by atoms with E-state index in [2.05, 4.69) is 27.9 Å². The standard InChI is InChI=1S/C19H28N4O2.3C2HF3O2/c1-21-10-12-22(13-11-21)19(24)18-6-5-16-17(25-18)7-9-23(16)14-15-4-2-3-8-20-15;3*3-2(4,5)1(6)7/h2-4,8,16-18H,5-7,9-14H2,1H3;3*(H,6,7)/t16-,17-,18+;;;/m1.../s1. The summed E-state index contributed by atoms with van der Waals surface area (Å²) in [7, 11) is 2.11. The van der Waals surface area contributed by atoms with Crippen molar-refractivity contribution < 1.29 is 78.7 Å². The van der Waals surface area contributed by atoms with E-state index >= 15 is 0 Å². The molecule has 0 unspecified atom stereocenters. The summed E-state index contributed by atoms with van der Waals surface area (Å²) in [6.45, 7) is 5.48. The number of carbonyl (C=O) groups is 4. The maximum atomic E-state index is 12.8. The third-order valence-corrected chi connectivity index (χ3v) is 6.57. The second-order valence-electron chi connectivity index (χ2n) is 9.93. The predicted molar refractivity (Wildman–Crippen MR) is 136 cm³/mol. The number of alkyl halides is 9. The van der Waals surface area contributed by atoms with E-state index in [1.807, 2.05) is 23.2 Å². The molecule has 1 amide bonds. The van der Waals surface area contributed by atoms with Gasteiger partial charge in [-0.25, -0.2) is 14.4 Å². The van der Waals surface area contributed by atoms with Gasteiger partial charge in [-0.05, 0) is 38.4 Å². The van der Waals surface area contributed by atoms with Crippen LogP contribution in [0.4, 0.5) is 39.5 Å². The van der Waals surface area contributed by atoms with Gasteiger partial charge in [-0.2, -0.15) is 39.5 Å². The van der Waals surface area contributed by atoms with Crippen LogP contribution < -0.4 is 0 Å². The number of nitrogens with zero attached hydrogens (tertiary/aromatic N) is 4. The van der Waals surface area contributed by atoms with Gasteiger partial charge < -0.3 is 29.9 Å². The lowest BCUT2D eigenvalue weighted by atomic mass is 9.98. The maximum Gasteiger partial charge on any atom is 0.490 e. The number of carboxylic acid groups (broad SMARTS) is 3. The minimum Gasteiger partial charge on any atom is -0.475 e. The highest BCUT2D eigenvalue weighted by molar-refractivity contribution is 5.81.